The minimum Gasteiger partial charge on any atom is -0.497 e. The number of rotatable bonds is 5. The first-order chi connectivity index (χ1) is 11.5. The highest BCUT2D eigenvalue weighted by Crippen LogP contribution is 2.45. The van der Waals surface area contributed by atoms with E-state index in [1.165, 1.54) is 0 Å². The van der Waals surface area contributed by atoms with E-state index in [-0.39, 0.29) is 5.92 Å². The first-order valence-corrected chi connectivity index (χ1v) is 8.21. The van der Waals surface area contributed by atoms with Crippen LogP contribution in [0.25, 0.3) is 0 Å². The van der Waals surface area contributed by atoms with Gasteiger partial charge < -0.3 is 14.7 Å². The van der Waals surface area contributed by atoms with Crippen molar-refractivity contribution in [3.8, 4) is 5.75 Å². The van der Waals surface area contributed by atoms with Crippen LogP contribution in [0, 0.1) is 5.92 Å². The first kappa shape index (κ1) is 16.4. The average Bonchev–Trinajstić information content (AvgIpc) is 2.90. The van der Waals surface area contributed by atoms with E-state index in [0.717, 1.165) is 22.6 Å². The molecule has 4 nitrogen and oxygen atoms in total. The molecule has 1 aliphatic rings. The van der Waals surface area contributed by atoms with Gasteiger partial charge in [0.2, 0.25) is 0 Å². The van der Waals surface area contributed by atoms with Gasteiger partial charge in [-0.25, -0.2) is 4.79 Å². The van der Waals surface area contributed by atoms with E-state index >= 15 is 0 Å². The lowest BCUT2D eigenvalue weighted by molar-refractivity contribution is -0.145. The molecule has 1 unspecified atom stereocenters. The summed E-state index contributed by atoms with van der Waals surface area (Å²) >= 11 is 0. The summed E-state index contributed by atoms with van der Waals surface area (Å²) in [5.74, 6) is -0.0579. The van der Waals surface area contributed by atoms with E-state index < -0.39 is 11.5 Å². The van der Waals surface area contributed by atoms with E-state index in [2.05, 4.69) is 0 Å². The van der Waals surface area contributed by atoms with Gasteiger partial charge in [-0.05, 0) is 23.1 Å². The van der Waals surface area contributed by atoms with Crippen molar-refractivity contribution in [1.82, 2.24) is 0 Å². The number of hydrogen-bond donors (Lipinski definition) is 1. The Labute approximate surface area is 142 Å². The Hall–Kier alpha value is -2.49. The minimum absolute atomic E-state index is 0.0305. The van der Waals surface area contributed by atoms with Crippen molar-refractivity contribution < 1.29 is 14.6 Å². The minimum atomic E-state index is -0.940. The lowest BCUT2D eigenvalue weighted by Crippen LogP contribution is -2.56. The summed E-state index contributed by atoms with van der Waals surface area (Å²) in [6.07, 6.45) is 0.506. The Morgan fingerprint density at radius 3 is 2.54 bits per heavy atom. The smallest absolute Gasteiger partial charge is 0.330 e. The summed E-state index contributed by atoms with van der Waals surface area (Å²) < 4.78 is 5.35. The number of benzene rings is 2. The highest BCUT2D eigenvalue weighted by atomic mass is 16.5. The topological polar surface area (TPSA) is 49.8 Å². The van der Waals surface area contributed by atoms with Gasteiger partial charge in [0.05, 0.1) is 7.11 Å². The quantitative estimate of drug-likeness (QED) is 0.910. The van der Waals surface area contributed by atoms with Crippen LogP contribution in [0.1, 0.15) is 25.0 Å². The van der Waals surface area contributed by atoms with Crippen LogP contribution in [0.2, 0.25) is 0 Å². The van der Waals surface area contributed by atoms with Gasteiger partial charge in [0.15, 0.2) is 0 Å². The Kier molecular flexibility index (Phi) is 4.22. The number of carboxylic acid groups (broad SMARTS) is 1. The molecule has 0 fully saturated rings. The third-order valence-corrected chi connectivity index (χ3v) is 5.03. The molecule has 4 heteroatoms. The SMILES string of the molecule is COc1ccc2c(c1)N(Cc1ccccc1)C(C(=O)O)(C(C)C)C2. The summed E-state index contributed by atoms with van der Waals surface area (Å²) in [5.41, 5.74) is 2.17. The molecule has 0 radical (unpaired) electrons. The Morgan fingerprint density at radius 2 is 1.96 bits per heavy atom. The molecule has 1 N–H and O–H groups in total. The second kappa shape index (κ2) is 6.19. The Bertz CT molecular complexity index is 742. The number of anilines is 1. The second-order valence-corrected chi connectivity index (χ2v) is 6.63. The fraction of sp³-hybridized carbons (Fsp3) is 0.350. The van der Waals surface area contributed by atoms with E-state index in [4.69, 9.17) is 4.74 Å². The number of fused-ring (bicyclic) bond motifs is 1. The third-order valence-electron chi connectivity index (χ3n) is 5.03. The van der Waals surface area contributed by atoms with Gasteiger partial charge in [-0.2, -0.15) is 0 Å². The molecule has 0 saturated carbocycles. The Morgan fingerprint density at radius 1 is 1.25 bits per heavy atom. The molecule has 126 valence electrons. The second-order valence-electron chi connectivity index (χ2n) is 6.63. The standard InChI is InChI=1S/C20H23NO3/c1-14(2)20(19(22)23)12-16-9-10-17(24-3)11-18(16)21(20)13-15-7-5-4-6-8-15/h4-11,14H,12-13H2,1-3H3,(H,22,23). The number of carbonyl (C=O) groups is 1. The van der Waals surface area contributed by atoms with Crippen molar-refractivity contribution >= 4 is 11.7 Å². The monoisotopic (exact) mass is 325 g/mol. The predicted octanol–water partition coefficient (Wildman–Crippen LogP) is 3.74. The predicted molar refractivity (Wildman–Crippen MR) is 94.5 cm³/mol. The summed E-state index contributed by atoms with van der Waals surface area (Å²) in [6, 6.07) is 15.8. The molecule has 0 spiro atoms. The molecule has 24 heavy (non-hydrogen) atoms. The van der Waals surface area contributed by atoms with Crippen LogP contribution in [-0.4, -0.2) is 23.7 Å². The molecule has 1 aliphatic heterocycles. The zero-order valence-corrected chi connectivity index (χ0v) is 14.3. The lowest BCUT2D eigenvalue weighted by Gasteiger charge is -2.40. The van der Waals surface area contributed by atoms with E-state index in [1.54, 1.807) is 7.11 Å². The fourth-order valence-electron chi connectivity index (χ4n) is 3.62. The van der Waals surface area contributed by atoms with Gasteiger partial charge >= 0.3 is 5.97 Å². The van der Waals surface area contributed by atoms with Crippen LogP contribution in [0.5, 0.6) is 5.75 Å². The summed E-state index contributed by atoms with van der Waals surface area (Å²) in [6.45, 7) is 4.52. The van der Waals surface area contributed by atoms with E-state index in [1.807, 2.05) is 67.3 Å². The molecule has 1 atom stereocenters. The van der Waals surface area contributed by atoms with Crippen molar-refractivity contribution in [3.05, 3.63) is 59.7 Å². The van der Waals surface area contributed by atoms with Gasteiger partial charge in [-0.3, -0.25) is 0 Å². The van der Waals surface area contributed by atoms with Crippen LogP contribution in [-0.2, 0) is 17.8 Å². The van der Waals surface area contributed by atoms with Crippen LogP contribution in [0.3, 0.4) is 0 Å². The molecule has 0 bridgehead atoms. The lowest BCUT2D eigenvalue weighted by atomic mass is 9.82. The van der Waals surface area contributed by atoms with E-state index in [9.17, 15) is 9.90 Å². The number of nitrogens with zero attached hydrogens (tertiary/aromatic N) is 1. The average molecular weight is 325 g/mol. The molecule has 0 aromatic heterocycles. The summed E-state index contributed by atoms with van der Waals surface area (Å²) in [5, 5.41) is 10.1. The van der Waals surface area contributed by atoms with Gasteiger partial charge in [0.1, 0.15) is 11.3 Å². The molecule has 2 aromatic carbocycles. The molecule has 2 aromatic rings. The molecular formula is C20H23NO3. The van der Waals surface area contributed by atoms with Gasteiger partial charge in [0, 0.05) is 24.7 Å². The van der Waals surface area contributed by atoms with Crippen molar-refractivity contribution in [2.75, 3.05) is 12.0 Å². The zero-order valence-electron chi connectivity index (χ0n) is 14.3. The number of carboxylic acids is 1. The largest absolute Gasteiger partial charge is 0.497 e. The van der Waals surface area contributed by atoms with E-state index in [0.29, 0.717) is 13.0 Å². The number of hydrogen-bond acceptors (Lipinski definition) is 3. The third kappa shape index (κ3) is 2.52. The highest BCUT2D eigenvalue weighted by molar-refractivity contribution is 5.88. The van der Waals surface area contributed by atoms with Crippen molar-refractivity contribution in [3.63, 3.8) is 0 Å². The fourth-order valence-corrected chi connectivity index (χ4v) is 3.62. The normalized spacial score (nSPS) is 19.4. The maximum Gasteiger partial charge on any atom is 0.330 e. The van der Waals surface area contributed by atoms with Crippen molar-refractivity contribution in [2.45, 2.75) is 32.4 Å². The maximum atomic E-state index is 12.3. The van der Waals surface area contributed by atoms with Crippen molar-refractivity contribution in [2.24, 2.45) is 5.92 Å². The highest BCUT2D eigenvalue weighted by Gasteiger charge is 2.52. The zero-order chi connectivity index (χ0) is 17.3. The number of ether oxygens (including phenoxy) is 1. The molecule has 1 heterocycles. The van der Waals surface area contributed by atoms with Crippen LogP contribution in [0.4, 0.5) is 5.69 Å². The van der Waals surface area contributed by atoms with Crippen molar-refractivity contribution in [1.29, 1.82) is 0 Å². The molecule has 0 saturated heterocycles. The van der Waals surface area contributed by atoms with Gasteiger partial charge in [-0.15, -0.1) is 0 Å². The molecule has 3 rings (SSSR count). The Balaban J connectivity index is 2.12. The number of aliphatic carboxylic acids is 1. The summed E-state index contributed by atoms with van der Waals surface area (Å²) in [7, 11) is 1.63. The maximum absolute atomic E-state index is 12.3. The molecule has 0 aliphatic carbocycles. The van der Waals surface area contributed by atoms with Crippen LogP contribution < -0.4 is 9.64 Å². The summed E-state index contributed by atoms with van der Waals surface area (Å²) in [4.78, 5) is 14.4. The van der Waals surface area contributed by atoms with Crippen LogP contribution >= 0.6 is 0 Å². The first-order valence-electron chi connectivity index (χ1n) is 8.21. The van der Waals surface area contributed by atoms with Crippen LogP contribution in [0.15, 0.2) is 48.5 Å². The van der Waals surface area contributed by atoms with Gasteiger partial charge in [0.25, 0.3) is 0 Å². The van der Waals surface area contributed by atoms with Gasteiger partial charge in [-0.1, -0.05) is 50.2 Å². The molecule has 0 amide bonds. The molecular weight excluding hydrogens is 302 g/mol. The number of methoxy groups -OCH3 is 1.